The van der Waals surface area contributed by atoms with E-state index in [0.717, 1.165) is 6.42 Å². The minimum absolute atomic E-state index is 0. The van der Waals surface area contributed by atoms with Gasteiger partial charge in [0.2, 0.25) is 24.1 Å². The Balaban J connectivity index is 0. The first-order valence-corrected chi connectivity index (χ1v) is 11.9. The number of methoxy groups -OCH3 is 1. The number of carbonyl (C=O) groups is 4. The summed E-state index contributed by atoms with van der Waals surface area (Å²) in [5.74, 6) is -0.997. The fourth-order valence-electron chi connectivity index (χ4n) is 4.18. The fraction of sp³-hybridized carbons (Fsp3) is 0.833. The molecule has 0 aromatic carbocycles. The van der Waals surface area contributed by atoms with Gasteiger partial charge in [0.15, 0.2) is 0 Å². The smallest absolute Gasteiger partial charge is 0.245 e. The summed E-state index contributed by atoms with van der Waals surface area (Å²) in [5.41, 5.74) is 0. The van der Waals surface area contributed by atoms with Crippen LogP contribution in [0.3, 0.4) is 0 Å². The summed E-state index contributed by atoms with van der Waals surface area (Å²) in [6, 6.07) is -1.82. The Morgan fingerprint density at radius 3 is 2.00 bits per heavy atom. The van der Waals surface area contributed by atoms with Crippen LogP contribution in [0.5, 0.6) is 0 Å². The molecule has 5 atom stereocenters. The molecule has 0 aliphatic carbocycles. The van der Waals surface area contributed by atoms with Gasteiger partial charge in [-0.25, -0.2) is 0 Å². The van der Waals surface area contributed by atoms with E-state index in [1.807, 2.05) is 48.5 Å². The minimum Gasteiger partial charge on any atom is -0.379 e. The van der Waals surface area contributed by atoms with Gasteiger partial charge in [0, 0.05) is 29.2 Å². The van der Waals surface area contributed by atoms with Gasteiger partial charge in [-0.05, 0) is 24.7 Å². The normalized spacial score (nSPS) is 15.9. The number of carbonyl (C=O) groups excluding carboxylic acids is 4. The molecule has 0 spiro atoms. The van der Waals surface area contributed by atoms with E-state index in [1.165, 1.54) is 4.90 Å². The summed E-state index contributed by atoms with van der Waals surface area (Å²) in [5, 5.41) is 5.66. The van der Waals surface area contributed by atoms with Crippen molar-refractivity contribution in [1.29, 1.82) is 0 Å². The van der Waals surface area contributed by atoms with E-state index in [1.54, 1.807) is 26.1 Å². The SMILES string of the molecule is CCNC(=O)C[C@@H](OC)[C@H]([C@@H](C)CC)N(C)C(=O)[C@@H](NC(=O)[C@H](C(C)C)N(C)C=O)C(C)C.[HH]. The predicted molar refractivity (Wildman–Crippen MR) is 131 cm³/mol. The van der Waals surface area contributed by atoms with Crippen LogP contribution in [-0.4, -0.2) is 85.9 Å². The van der Waals surface area contributed by atoms with Gasteiger partial charge in [-0.15, -0.1) is 0 Å². The van der Waals surface area contributed by atoms with Crippen molar-refractivity contribution in [3.63, 3.8) is 0 Å². The van der Waals surface area contributed by atoms with Crippen LogP contribution in [0, 0.1) is 17.8 Å². The van der Waals surface area contributed by atoms with Crippen LogP contribution >= 0.6 is 0 Å². The summed E-state index contributed by atoms with van der Waals surface area (Å²) in [6.07, 6.45) is 1.05. The topological polar surface area (TPSA) is 108 Å². The van der Waals surface area contributed by atoms with Crippen molar-refractivity contribution in [3.8, 4) is 0 Å². The van der Waals surface area contributed by atoms with E-state index in [9.17, 15) is 19.2 Å². The van der Waals surface area contributed by atoms with Crippen molar-refractivity contribution in [3.05, 3.63) is 0 Å². The van der Waals surface area contributed by atoms with Gasteiger partial charge in [0.25, 0.3) is 0 Å². The van der Waals surface area contributed by atoms with E-state index in [0.29, 0.717) is 13.0 Å². The second kappa shape index (κ2) is 14.9. The maximum atomic E-state index is 13.6. The maximum absolute atomic E-state index is 13.6. The van der Waals surface area contributed by atoms with Gasteiger partial charge in [-0.3, -0.25) is 19.2 Å². The molecule has 0 saturated carbocycles. The minimum atomic E-state index is -0.780. The van der Waals surface area contributed by atoms with Crippen LogP contribution in [0.4, 0.5) is 0 Å². The Morgan fingerprint density at radius 1 is 1.03 bits per heavy atom. The van der Waals surface area contributed by atoms with Gasteiger partial charge in [0.05, 0.1) is 18.6 Å². The van der Waals surface area contributed by atoms with Gasteiger partial charge < -0.3 is 25.2 Å². The van der Waals surface area contributed by atoms with Gasteiger partial charge in [0.1, 0.15) is 12.1 Å². The molecule has 33 heavy (non-hydrogen) atoms. The monoisotopic (exact) mass is 472 g/mol. The van der Waals surface area contributed by atoms with E-state index in [4.69, 9.17) is 4.74 Å². The number of hydrogen-bond donors (Lipinski definition) is 2. The molecular weight excluding hydrogens is 424 g/mol. The molecule has 0 fully saturated rings. The van der Waals surface area contributed by atoms with Crippen LogP contribution < -0.4 is 10.6 Å². The molecule has 0 aromatic heterocycles. The van der Waals surface area contributed by atoms with Crippen molar-refractivity contribution in [2.45, 2.75) is 85.5 Å². The van der Waals surface area contributed by atoms with Gasteiger partial charge in [-0.2, -0.15) is 0 Å². The summed E-state index contributed by atoms with van der Waals surface area (Å²) < 4.78 is 5.67. The van der Waals surface area contributed by atoms with Crippen molar-refractivity contribution >= 4 is 24.1 Å². The molecule has 194 valence electrons. The highest BCUT2D eigenvalue weighted by Gasteiger charge is 2.38. The van der Waals surface area contributed by atoms with Crippen LogP contribution in [0.1, 0.15) is 62.7 Å². The van der Waals surface area contributed by atoms with Crippen molar-refractivity contribution < 1.29 is 25.3 Å². The molecule has 2 N–H and O–H groups in total. The molecule has 0 saturated heterocycles. The lowest BCUT2D eigenvalue weighted by Crippen LogP contribution is -2.59. The second-order valence-corrected chi connectivity index (χ2v) is 9.45. The second-order valence-electron chi connectivity index (χ2n) is 9.45. The lowest BCUT2D eigenvalue weighted by atomic mass is 9.89. The zero-order valence-corrected chi connectivity index (χ0v) is 22.2. The Labute approximate surface area is 201 Å². The molecular formula is C24H48N4O5. The van der Waals surface area contributed by atoms with E-state index >= 15 is 0 Å². The number of hydrogen-bond acceptors (Lipinski definition) is 5. The van der Waals surface area contributed by atoms with Crippen molar-refractivity contribution in [2.75, 3.05) is 27.7 Å². The first-order chi connectivity index (χ1) is 15.4. The summed E-state index contributed by atoms with van der Waals surface area (Å²) in [6.45, 7) is 13.9. The first kappa shape index (κ1) is 30.8. The molecule has 0 unspecified atom stereocenters. The molecule has 0 radical (unpaired) electrons. The Morgan fingerprint density at radius 2 is 1.61 bits per heavy atom. The standard InChI is InChI=1S/C24H46N4O5.H2/c1-11-17(7)22(18(33-10)13-19(30)25-12-2)28(9)24(32)20(15(3)4)26-23(31)21(16(5)6)27(8)14-29;/h14-18,20-22H,11-13H2,1-10H3,(H,25,30)(H,26,31);1H/t17-,18+,20-,21-,22-;/m0./s1. The zero-order valence-electron chi connectivity index (χ0n) is 22.2. The largest absolute Gasteiger partial charge is 0.379 e. The number of nitrogens with zero attached hydrogens (tertiary/aromatic N) is 2. The fourth-order valence-corrected chi connectivity index (χ4v) is 4.18. The molecule has 0 aliphatic heterocycles. The molecule has 0 heterocycles. The third-order valence-electron chi connectivity index (χ3n) is 6.20. The van der Waals surface area contributed by atoms with E-state index in [-0.39, 0.29) is 49.4 Å². The lowest BCUT2D eigenvalue weighted by Gasteiger charge is -2.40. The molecule has 0 bridgehead atoms. The number of rotatable bonds is 15. The third-order valence-corrected chi connectivity index (χ3v) is 6.20. The zero-order chi connectivity index (χ0) is 25.9. The average Bonchev–Trinajstić information content (AvgIpc) is 2.75. The summed E-state index contributed by atoms with van der Waals surface area (Å²) in [4.78, 5) is 53.1. The average molecular weight is 473 g/mol. The Hall–Kier alpha value is -2.16. The molecule has 9 nitrogen and oxygen atoms in total. The Kier molecular flexibility index (Phi) is 13.9. The summed E-state index contributed by atoms with van der Waals surface area (Å²) in [7, 11) is 4.79. The third kappa shape index (κ3) is 8.95. The predicted octanol–water partition coefficient (Wildman–Crippen LogP) is 1.90. The van der Waals surface area contributed by atoms with Crippen LogP contribution in [0.15, 0.2) is 0 Å². The van der Waals surface area contributed by atoms with Crippen LogP contribution in [-0.2, 0) is 23.9 Å². The highest BCUT2D eigenvalue weighted by Crippen LogP contribution is 2.23. The van der Waals surface area contributed by atoms with Crippen LogP contribution in [0.2, 0.25) is 0 Å². The van der Waals surface area contributed by atoms with E-state index < -0.39 is 18.2 Å². The number of likely N-dealkylation sites (N-methyl/N-ethyl adjacent to an activating group) is 2. The quantitative estimate of drug-likeness (QED) is 0.354. The van der Waals surface area contributed by atoms with E-state index in [2.05, 4.69) is 10.6 Å². The first-order valence-electron chi connectivity index (χ1n) is 11.9. The highest BCUT2D eigenvalue weighted by atomic mass is 16.5. The molecule has 4 amide bonds. The number of amides is 4. The molecule has 0 aliphatic rings. The number of nitrogens with one attached hydrogen (secondary N) is 2. The molecule has 0 rings (SSSR count). The molecule has 9 heteroatoms. The lowest BCUT2D eigenvalue weighted by molar-refractivity contribution is -0.145. The van der Waals surface area contributed by atoms with Crippen molar-refractivity contribution in [2.24, 2.45) is 17.8 Å². The molecule has 0 aromatic rings. The van der Waals surface area contributed by atoms with Gasteiger partial charge >= 0.3 is 0 Å². The highest BCUT2D eigenvalue weighted by molar-refractivity contribution is 5.91. The van der Waals surface area contributed by atoms with Crippen LogP contribution in [0.25, 0.3) is 0 Å². The summed E-state index contributed by atoms with van der Waals surface area (Å²) >= 11 is 0. The van der Waals surface area contributed by atoms with Gasteiger partial charge in [-0.1, -0.05) is 48.0 Å². The van der Waals surface area contributed by atoms with Crippen molar-refractivity contribution in [1.82, 2.24) is 20.4 Å². The Bertz CT molecular complexity index is 647. The maximum Gasteiger partial charge on any atom is 0.245 e. The number of ether oxygens (including phenoxy) is 1.